The molecule has 1 heterocycles. The van der Waals surface area contributed by atoms with Crippen LogP contribution in [0.3, 0.4) is 0 Å². The van der Waals surface area contributed by atoms with Crippen molar-refractivity contribution in [2.45, 2.75) is 58.4 Å². The summed E-state index contributed by atoms with van der Waals surface area (Å²) >= 11 is 0. The molecule has 0 N–H and O–H groups in total. The Hall–Kier alpha value is -1.32. The van der Waals surface area contributed by atoms with Crippen LogP contribution in [0.2, 0.25) is 0 Å². The van der Waals surface area contributed by atoms with Gasteiger partial charge in [-0.05, 0) is 32.6 Å². The third-order valence-corrected chi connectivity index (χ3v) is 3.58. The first-order valence-electron chi connectivity index (χ1n) is 6.97. The molecule has 1 fully saturated rings. The molecule has 0 radical (unpaired) electrons. The van der Waals surface area contributed by atoms with E-state index in [-0.39, 0.29) is 5.97 Å². The van der Waals surface area contributed by atoms with Crippen LogP contribution < -0.4 is 0 Å². The molecule has 0 bridgehead atoms. The second kappa shape index (κ2) is 5.55. The quantitative estimate of drug-likeness (QED) is 0.728. The fourth-order valence-corrected chi connectivity index (χ4v) is 2.43. The Labute approximate surface area is 108 Å². The highest BCUT2D eigenvalue weighted by molar-refractivity contribution is 5.90. The summed E-state index contributed by atoms with van der Waals surface area (Å²) in [6, 6.07) is 0.392. The van der Waals surface area contributed by atoms with Crippen molar-refractivity contribution in [1.82, 2.24) is 9.78 Å². The van der Waals surface area contributed by atoms with Crippen molar-refractivity contribution in [2.24, 2.45) is 0 Å². The van der Waals surface area contributed by atoms with E-state index < -0.39 is 0 Å². The fraction of sp³-hybridized carbons (Fsp3) is 0.714. The largest absolute Gasteiger partial charge is 0.462 e. The normalized spacial score (nSPS) is 15.1. The highest BCUT2D eigenvalue weighted by Gasteiger charge is 2.34. The maximum Gasteiger partial charge on any atom is 0.341 e. The summed E-state index contributed by atoms with van der Waals surface area (Å²) in [5.41, 5.74) is 1.77. The summed E-state index contributed by atoms with van der Waals surface area (Å²) < 4.78 is 7.17. The number of rotatable bonds is 6. The van der Waals surface area contributed by atoms with Gasteiger partial charge in [-0.2, -0.15) is 5.10 Å². The number of hydrogen-bond acceptors (Lipinski definition) is 3. The van der Waals surface area contributed by atoms with Crippen LogP contribution in [0.5, 0.6) is 0 Å². The molecule has 18 heavy (non-hydrogen) atoms. The zero-order chi connectivity index (χ0) is 13.1. The molecule has 1 aliphatic carbocycles. The summed E-state index contributed by atoms with van der Waals surface area (Å²) in [7, 11) is 0. The average Bonchev–Trinajstić information content (AvgIpc) is 3.11. The van der Waals surface area contributed by atoms with Crippen LogP contribution >= 0.6 is 0 Å². The van der Waals surface area contributed by atoms with Gasteiger partial charge >= 0.3 is 5.97 Å². The van der Waals surface area contributed by atoms with Crippen LogP contribution in [0.15, 0.2) is 6.20 Å². The Morgan fingerprint density at radius 2 is 2.11 bits per heavy atom. The molecule has 0 atom stereocenters. The van der Waals surface area contributed by atoms with E-state index in [0.29, 0.717) is 24.1 Å². The van der Waals surface area contributed by atoms with Gasteiger partial charge in [0.15, 0.2) is 0 Å². The van der Waals surface area contributed by atoms with Crippen LogP contribution in [0.4, 0.5) is 0 Å². The number of aromatic nitrogens is 2. The Morgan fingerprint density at radius 3 is 2.61 bits per heavy atom. The SMILES string of the molecule is CCOC(=O)c1cnn(C(CC)CC)c1C1CC1. The standard InChI is InChI=1S/C14H22N2O2/c1-4-11(5-2)16-13(10-7-8-10)12(9-15-16)14(17)18-6-3/h9-11H,4-8H2,1-3H3. The Bertz CT molecular complexity index is 417. The fourth-order valence-electron chi connectivity index (χ4n) is 2.43. The topological polar surface area (TPSA) is 44.1 Å². The van der Waals surface area contributed by atoms with E-state index in [0.717, 1.165) is 31.4 Å². The smallest absolute Gasteiger partial charge is 0.341 e. The van der Waals surface area contributed by atoms with E-state index in [1.807, 2.05) is 6.92 Å². The maximum absolute atomic E-state index is 11.9. The van der Waals surface area contributed by atoms with Gasteiger partial charge in [0, 0.05) is 5.92 Å². The minimum absolute atomic E-state index is 0.225. The lowest BCUT2D eigenvalue weighted by Crippen LogP contribution is -2.14. The van der Waals surface area contributed by atoms with Gasteiger partial charge in [-0.15, -0.1) is 0 Å². The number of carbonyl (C=O) groups is 1. The number of ether oxygens (including phenoxy) is 1. The highest BCUT2D eigenvalue weighted by atomic mass is 16.5. The predicted octanol–water partition coefficient (Wildman–Crippen LogP) is 3.30. The number of nitrogens with zero attached hydrogens (tertiary/aromatic N) is 2. The molecule has 0 spiro atoms. The van der Waals surface area contributed by atoms with Gasteiger partial charge in [-0.25, -0.2) is 4.79 Å². The van der Waals surface area contributed by atoms with Crippen molar-refractivity contribution in [3.05, 3.63) is 17.5 Å². The summed E-state index contributed by atoms with van der Waals surface area (Å²) in [6.07, 6.45) is 6.10. The highest BCUT2D eigenvalue weighted by Crippen LogP contribution is 2.43. The number of esters is 1. The van der Waals surface area contributed by atoms with Crippen LogP contribution in [-0.4, -0.2) is 22.4 Å². The Morgan fingerprint density at radius 1 is 1.44 bits per heavy atom. The molecule has 4 nitrogen and oxygen atoms in total. The molecule has 2 rings (SSSR count). The predicted molar refractivity (Wildman–Crippen MR) is 69.8 cm³/mol. The molecule has 0 aromatic carbocycles. The molecule has 4 heteroatoms. The van der Waals surface area contributed by atoms with Crippen molar-refractivity contribution >= 4 is 5.97 Å². The molecular weight excluding hydrogens is 228 g/mol. The van der Waals surface area contributed by atoms with E-state index in [9.17, 15) is 4.79 Å². The second-order valence-corrected chi connectivity index (χ2v) is 4.85. The molecule has 0 amide bonds. The van der Waals surface area contributed by atoms with E-state index in [2.05, 4.69) is 23.6 Å². The van der Waals surface area contributed by atoms with Crippen molar-refractivity contribution < 1.29 is 9.53 Å². The zero-order valence-electron chi connectivity index (χ0n) is 11.5. The van der Waals surface area contributed by atoms with Crippen molar-refractivity contribution in [3.63, 3.8) is 0 Å². The first-order valence-corrected chi connectivity index (χ1v) is 6.97. The van der Waals surface area contributed by atoms with Gasteiger partial charge in [0.2, 0.25) is 0 Å². The lowest BCUT2D eigenvalue weighted by Gasteiger charge is -2.17. The second-order valence-electron chi connectivity index (χ2n) is 4.85. The van der Waals surface area contributed by atoms with Crippen LogP contribution in [0, 0.1) is 0 Å². The van der Waals surface area contributed by atoms with Crippen molar-refractivity contribution in [1.29, 1.82) is 0 Å². The molecule has 0 saturated heterocycles. The number of carbonyl (C=O) groups excluding carboxylic acids is 1. The van der Waals surface area contributed by atoms with Crippen LogP contribution in [0.1, 0.15) is 74.5 Å². The third-order valence-electron chi connectivity index (χ3n) is 3.58. The summed E-state index contributed by atoms with van der Waals surface area (Å²) in [4.78, 5) is 11.9. The summed E-state index contributed by atoms with van der Waals surface area (Å²) in [6.45, 7) is 6.58. The molecular formula is C14H22N2O2. The van der Waals surface area contributed by atoms with Gasteiger partial charge in [-0.1, -0.05) is 13.8 Å². The van der Waals surface area contributed by atoms with E-state index in [4.69, 9.17) is 4.74 Å². The molecule has 0 aliphatic heterocycles. The minimum Gasteiger partial charge on any atom is -0.462 e. The zero-order valence-corrected chi connectivity index (χ0v) is 11.5. The Balaban J connectivity index is 2.34. The molecule has 1 saturated carbocycles. The lowest BCUT2D eigenvalue weighted by molar-refractivity contribution is 0.0524. The van der Waals surface area contributed by atoms with Crippen molar-refractivity contribution in [2.75, 3.05) is 6.61 Å². The van der Waals surface area contributed by atoms with Gasteiger partial charge in [0.1, 0.15) is 5.56 Å². The molecule has 1 aromatic rings. The first-order chi connectivity index (χ1) is 8.72. The van der Waals surface area contributed by atoms with Gasteiger partial charge in [-0.3, -0.25) is 4.68 Å². The summed E-state index contributed by atoms with van der Waals surface area (Å²) in [5.74, 6) is 0.282. The first kappa shape index (κ1) is 13.1. The number of hydrogen-bond donors (Lipinski definition) is 0. The molecule has 100 valence electrons. The average molecular weight is 250 g/mol. The maximum atomic E-state index is 11.9. The summed E-state index contributed by atoms with van der Waals surface area (Å²) in [5, 5.41) is 4.44. The molecule has 1 aliphatic rings. The van der Waals surface area contributed by atoms with Crippen LogP contribution in [-0.2, 0) is 4.74 Å². The third kappa shape index (κ3) is 2.42. The van der Waals surface area contributed by atoms with E-state index in [1.165, 1.54) is 0 Å². The van der Waals surface area contributed by atoms with E-state index >= 15 is 0 Å². The minimum atomic E-state index is -0.225. The molecule has 1 aromatic heterocycles. The lowest BCUT2D eigenvalue weighted by atomic mass is 10.1. The van der Waals surface area contributed by atoms with Gasteiger partial charge in [0.05, 0.1) is 24.5 Å². The Kier molecular flexibility index (Phi) is 4.04. The van der Waals surface area contributed by atoms with Gasteiger partial charge in [0.25, 0.3) is 0 Å². The molecule has 0 unspecified atom stereocenters. The monoisotopic (exact) mass is 250 g/mol. The van der Waals surface area contributed by atoms with E-state index in [1.54, 1.807) is 6.20 Å². The van der Waals surface area contributed by atoms with Gasteiger partial charge < -0.3 is 4.74 Å². The van der Waals surface area contributed by atoms with Crippen LogP contribution in [0.25, 0.3) is 0 Å². The van der Waals surface area contributed by atoms with Crippen molar-refractivity contribution in [3.8, 4) is 0 Å².